The van der Waals surface area contributed by atoms with Crippen molar-refractivity contribution in [2.45, 2.75) is 0 Å². The number of nitrogens with zero attached hydrogens (tertiary/aromatic N) is 1. The molecule has 0 aliphatic heterocycles. The molecule has 2 heteroatoms. The van der Waals surface area contributed by atoms with Gasteiger partial charge in [-0.05, 0) is 0 Å². The highest BCUT2D eigenvalue weighted by atomic mass is 32.1. The van der Waals surface area contributed by atoms with Gasteiger partial charge in [-0.15, -0.1) is 13.2 Å². The van der Waals surface area contributed by atoms with Crippen LogP contribution in [0, 0.1) is 0 Å². The van der Waals surface area contributed by atoms with Crippen LogP contribution in [0.25, 0.3) is 0 Å². The third-order valence-corrected chi connectivity index (χ3v) is 1.37. The lowest BCUT2D eigenvalue weighted by Crippen LogP contribution is -2.21. The molecule has 0 aromatic carbocycles. The third-order valence-electron chi connectivity index (χ3n) is 0.975. The molecule has 0 rings (SSSR count). The molecule has 0 N–H and O–H groups in total. The van der Waals surface area contributed by atoms with Crippen molar-refractivity contribution in [1.82, 2.24) is 4.90 Å². The Labute approximate surface area is 62.5 Å². The summed E-state index contributed by atoms with van der Waals surface area (Å²) in [7, 11) is 0. The minimum Gasteiger partial charge on any atom is -0.287 e. The van der Waals surface area contributed by atoms with Gasteiger partial charge in [0.1, 0.15) is 0 Å². The number of hydrogen-bond acceptors (Lipinski definition) is 2. The van der Waals surface area contributed by atoms with E-state index in [0.29, 0.717) is 0 Å². The smallest absolute Gasteiger partial charge is 0.0420 e. The van der Waals surface area contributed by atoms with Crippen LogP contribution in [0.1, 0.15) is 0 Å². The Kier molecular flexibility index (Phi) is 5.78. The molecule has 0 aromatic rings. The van der Waals surface area contributed by atoms with Crippen molar-refractivity contribution in [1.29, 1.82) is 0 Å². The van der Waals surface area contributed by atoms with Gasteiger partial charge in [0.2, 0.25) is 0 Å². The second kappa shape index (κ2) is 5.92. The van der Waals surface area contributed by atoms with E-state index in [2.05, 4.69) is 30.7 Å². The Morgan fingerprint density at radius 2 is 1.67 bits per heavy atom. The van der Waals surface area contributed by atoms with Crippen molar-refractivity contribution >= 4 is 12.6 Å². The maximum Gasteiger partial charge on any atom is 0.0420 e. The van der Waals surface area contributed by atoms with E-state index < -0.39 is 0 Å². The molecule has 52 valence electrons. The normalized spacial score (nSPS) is 9.56. The molecule has 9 heavy (non-hydrogen) atoms. The molecule has 0 unspecified atom stereocenters. The highest BCUT2D eigenvalue weighted by Crippen LogP contribution is 1.89. The van der Waals surface area contributed by atoms with Gasteiger partial charge < -0.3 is 0 Å². The van der Waals surface area contributed by atoms with Crippen LogP contribution in [0.2, 0.25) is 0 Å². The Morgan fingerprint density at radius 1 is 1.22 bits per heavy atom. The molecule has 0 radical (unpaired) electrons. The summed E-state index contributed by atoms with van der Waals surface area (Å²) in [6.45, 7) is 9.01. The first-order valence-electron chi connectivity index (χ1n) is 2.90. The summed E-state index contributed by atoms with van der Waals surface area (Å²) >= 11 is 4.11. The van der Waals surface area contributed by atoms with Gasteiger partial charge in [-0.1, -0.05) is 12.2 Å². The van der Waals surface area contributed by atoms with Gasteiger partial charge in [0.25, 0.3) is 0 Å². The van der Waals surface area contributed by atoms with Crippen LogP contribution in [-0.4, -0.2) is 23.9 Å². The van der Waals surface area contributed by atoms with E-state index in [1.54, 1.807) is 0 Å². The molecule has 0 saturated heterocycles. The Hall–Kier alpha value is -0.210. The molecular weight excluding hydrogens is 130 g/mol. The quantitative estimate of drug-likeness (QED) is 0.347. The summed E-state index contributed by atoms with van der Waals surface area (Å²) in [5.74, 6) is 0.762. The van der Waals surface area contributed by atoms with Gasteiger partial charge in [-0.25, -0.2) is 0 Å². The molecule has 0 aromatic heterocycles. The lowest BCUT2D eigenvalue weighted by atomic mass is 10.5. The first kappa shape index (κ1) is 8.79. The van der Waals surface area contributed by atoms with E-state index in [4.69, 9.17) is 0 Å². The first-order chi connectivity index (χ1) is 4.35. The maximum atomic E-state index is 4.11. The summed E-state index contributed by atoms with van der Waals surface area (Å²) in [4.78, 5) is 2.11. The molecule has 0 fully saturated rings. The Balaban J connectivity index is 3.39. The summed E-state index contributed by atoms with van der Waals surface area (Å²) in [5.41, 5.74) is 0. The molecule has 0 aliphatic rings. The zero-order valence-corrected chi connectivity index (χ0v) is 6.48. The van der Waals surface area contributed by atoms with E-state index >= 15 is 0 Å². The second-order valence-corrected chi connectivity index (χ2v) is 2.04. The standard InChI is InChI=1S/C7H13NS/c1-3-5-8(7-9)6-4-2/h3-4,9H,1-2,5-7H2. The van der Waals surface area contributed by atoms with E-state index in [-0.39, 0.29) is 0 Å². The van der Waals surface area contributed by atoms with Crippen LogP contribution in [0.4, 0.5) is 0 Å². The highest BCUT2D eigenvalue weighted by Gasteiger charge is 1.93. The van der Waals surface area contributed by atoms with E-state index in [1.807, 2.05) is 12.2 Å². The molecule has 0 saturated carbocycles. The van der Waals surface area contributed by atoms with Gasteiger partial charge in [-0.3, -0.25) is 4.90 Å². The molecule has 0 aliphatic carbocycles. The fraction of sp³-hybridized carbons (Fsp3) is 0.429. The van der Waals surface area contributed by atoms with Crippen molar-refractivity contribution in [3.63, 3.8) is 0 Å². The van der Waals surface area contributed by atoms with Crippen molar-refractivity contribution in [2.24, 2.45) is 0 Å². The molecule has 0 amide bonds. The fourth-order valence-electron chi connectivity index (χ4n) is 0.555. The monoisotopic (exact) mass is 143 g/mol. The minimum absolute atomic E-state index is 0.762. The van der Waals surface area contributed by atoms with Crippen LogP contribution in [-0.2, 0) is 0 Å². The van der Waals surface area contributed by atoms with Gasteiger partial charge in [-0.2, -0.15) is 12.6 Å². The number of hydrogen-bond donors (Lipinski definition) is 1. The Morgan fingerprint density at radius 3 is 1.89 bits per heavy atom. The van der Waals surface area contributed by atoms with Gasteiger partial charge in [0.15, 0.2) is 0 Å². The van der Waals surface area contributed by atoms with Crippen molar-refractivity contribution in [3.05, 3.63) is 25.3 Å². The van der Waals surface area contributed by atoms with Gasteiger partial charge >= 0.3 is 0 Å². The second-order valence-electron chi connectivity index (χ2n) is 1.75. The zero-order valence-electron chi connectivity index (χ0n) is 5.58. The van der Waals surface area contributed by atoms with E-state index in [9.17, 15) is 0 Å². The molecule has 0 spiro atoms. The average molecular weight is 143 g/mol. The molecule has 0 atom stereocenters. The largest absolute Gasteiger partial charge is 0.287 e. The zero-order chi connectivity index (χ0) is 7.11. The van der Waals surface area contributed by atoms with Crippen molar-refractivity contribution < 1.29 is 0 Å². The molecular formula is C7H13NS. The van der Waals surface area contributed by atoms with Crippen molar-refractivity contribution in [2.75, 3.05) is 19.0 Å². The molecule has 0 heterocycles. The van der Waals surface area contributed by atoms with Crippen LogP contribution >= 0.6 is 12.6 Å². The topological polar surface area (TPSA) is 3.24 Å². The van der Waals surface area contributed by atoms with E-state index in [1.165, 1.54) is 0 Å². The van der Waals surface area contributed by atoms with E-state index in [0.717, 1.165) is 19.0 Å². The Bertz CT molecular complexity index is 80.9. The highest BCUT2D eigenvalue weighted by molar-refractivity contribution is 7.80. The molecule has 0 bridgehead atoms. The maximum absolute atomic E-state index is 4.11. The predicted molar refractivity (Wildman–Crippen MR) is 45.8 cm³/mol. The average Bonchev–Trinajstić information content (AvgIpc) is 1.88. The van der Waals surface area contributed by atoms with Crippen LogP contribution in [0.5, 0.6) is 0 Å². The third kappa shape index (κ3) is 4.30. The van der Waals surface area contributed by atoms with Crippen LogP contribution < -0.4 is 0 Å². The van der Waals surface area contributed by atoms with Crippen LogP contribution in [0.3, 0.4) is 0 Å². The van der Waals surface area contributed by atoms with Crippen LogP contribution in [0.15, 0.2) is 25.3 Å². The summed E-state index contributed by atoms with van der Waals surface area (Å²) in [5, 5.41) is 0. The fourth-order valence-corrected chi connectivity index (χ4v) is 0.786. The molecule has 1 nitrogen and oxygen atoms in total. The lowest BCUT2D eigenvalue weighted by Gasteiger charge is -2.13. The van der Waals surface area contributed by atoms with Crippen molar-refractivity contribution in [3.8, 4) is 0 Å². The lowest BCUT2D eigenvalue weighted by molar-refractivity contribution is 0.398. The number of thiol groups is 1. The van der Waals surface area contributed by atoms with Gasteiger partial charge in [0.05, 0.1) is 0 Å². The summed E-state index contributed by atoms with van der Waals surface area (Å²) < 4.78 is 0. The SMILES string of the molecule is C=CCN(CS)CC=C. The number of rotatable bonds is 5. The van der Waals surface area contributed by atoms with Gasteiger partial charge in [0, 0.05) is 19.0 Å². The first-order valence-corrected chi connectivity index (χ1v) is 3.53. The predicted octanol–water partition coefficient (Wildman–Crippen LogP) is 1.55. The summed E-state index contributed by atoms with van der Waals surface area (Å²) in [6, 6.07) is 0. The summed E-state index contributed by atoms with van der Waals surface area (Å²) in [6.07, 6.45) is 3.72. The minimum atomic E-state index is 0.762.